The summed E-state index contributed by atoms with van der Waals surface area (Å²) in [6.07, 6.45) is 1.80. The van der Waals surface area contributed by atoms with E-state index >= 15 is 0 Å². The Balaban J connectivity index is 1.18. The van der Waals surface area contributed by atoms with E-state index < -0.39 is 0 Å². The third-order valence-corrected chi connectivity index (χ3v) is 6.70. The lowest BCUT2D eigenvalue weighted by Crippen LogP contribution is -2.34. The van der Waals surface area contributed by atoms with Crippen molar-refractivity contribution in [3.8, 4) is 11.4 Å². The van der Waals surface area contributed by atoms with Gasteiger partial charge in [-0.25, -0.2) is 4.98 Å². The van der Waals surface area contributed by atoms with Crippen molar-refractivity contribution in [3.63, 3.8) is 0 Å². The molecule has 30 heavy (non-hydrogen) atoms. The average molecular weight is 439 g/mol. The van der Waals surface area contributed by atoms with Crippen molar-refractivity contribution < 1.29 is 9.32 Å². The second-order valence-corrected chi connectivity index (χ2v) is 9.32. The molecule has 0 spiro atoms. The van der Waals surface area contributed by atoms with Crippen LogP contribution < -0.4 is 5.32 Å². The number of amides is 1. The quantitative estimate of drug-likeness (QED) is 0.294. The molecule has 0 bridgehead atoms. The predicted octanol–water partition coefficient (Wildman–Crippen LogP) is 4.97. The monoisotopic (exact) mass is 438 g/mol. The summed E-state index contributed by atoms with van der Waals surface area (Å²) in [4.78, 5) is 21.2. The van der Waals surface area contributed by atoms with Crippen molar-refractivity contribution in [2.24, 2.45) is 0 Å². The Morgan fingerprint density at radius 3 is 2.77 bits per heavy atom. The summed E-state index contributed by atoms with van der Waals surface area (Å²) >= 11 is 3.40. The van der Waals surface area contributed by atoms with E-state index in [1.807, 2.05) is 55.5 Å². The Morgan fingerprint density at radius 1 is 1.13 bits per heavy atom. The molecule has 8 heteroatoms. The van der Waals surface area contributed by atoms with Gasteiger partial charge in [-0.1, -0.05) is 59.4 Å². The number of aromatic nitrogens is 3. The number of nitrogens with one attached hydrogen (secondary N) is 1. The highest BCUT2D eigenvalue weighted by Gasteiger charge is 2.14. The van der Waals surface area contributed by atoms with Crippen LogP contribution in [0.15, 0.2) is 63.5 Å². The summed E-state index contributed by atoms with van der Waals surface area (Å²) in [6, 6.07) is 17.7. The van der Waals surface area contributed by atoms with Crippen LogP contribution in [-0.4, -0.2) is 32.8 Å². The predicted molar refractivity (Wildman–Crippen MR) is 121 cm³/mol. The zero-order chi connectivity index (χ0) is 20.8. The largest absolute Gasteiger partial charge is 0.353 e. The van der Waals surface area contributed by atoms with Gasteiger partial charge in [-0.3, -0.25) is 4.79 Å². The summed E-state index contributed by atoms with van der Waals surface area (Å²) in [5, 5.41) is 7.03. The van der Waals surface area contributed by atoms with E-state index in [-0.39, 0.29) is 11.9 Å². The fourth-order valence-corrected chi connectivity index (χ4v) is 5.09. The molecule has 0 unspecified atom stereocenters. The first-order chi connectivity index (χ1) is 14.7. The van der Waals surface area contributed by atoms with Crippen molar-refractivity contribution in [3.05, 3.63) is 60.5 Å². The van der Waals surface area contributed by atoms with Crippen LogP contribution >= 0.6 is 23.1 Å². The van der Waals surface area contributed by atoms with Crippen LogP contribution in [0.5, 0.6) is 0 Å². The van der Waals surface area contributed by atoms with Crippen molar-refractivity contribution >= 4 is 39.2 Å². The highest BCUT2D eigenvalue weighted by Crippen LogP contribution is 2.29. The molecule has 0 aliphatic rings. The van der Waals surface area contributed by atoms with Gasteiger partial charge in [0.15, 0.2) is 4.34 Å². The number of para-hydroxylation sites is 1. The summed E-state index contributed by atoms with van der Waals surface area (Å²) < 4.78 is 7.57. The summed E-state index contributed by atoms with van der Waals surface area (Å²) in [5.41, 5.74) is 1.95. The molecule has 0 aliphatic heterocycles. The molecule has 2 aromatic carbocycles. The zero-order valence-corrected chi connectivity index (χ0v) is 18.2. The van der Waals surface area contributed by atoms with Crippen molar-refractivity contribution in [1.29, 1.82) is 0 Å². The van der Waals surface area contributed by atoms with E-state index in [0.717, 1.165) is 27.6 Å². The summed E-state index contributed by atoms with van der Waals surface area (Å²) in [7, 11) is 0. The number of fused-ring (bicyclic) bond motifs is 1. The fraction of sp³-hybridized carbons (Fsp3) is 0.273. The van der Waals surface area contributed by atoms with E-state index in [1.165, 1.54) is 4.70 Å². The number of hydrogen-bond acceptors (Lipinski definition) is 7. The molecule has 2 heterocycles. The van der Waals surface area contributed by atoms with Gasteiger partial charge in [-0.05, 0) is 25.5 Å². The van der Waals surface area contributed by atoms with Crippen molar-refractivity contribution in [2.75, 3.05) is 5.75 Å². The first-order valence-corrected chi connectivity index (χ1v) is 11.6. The molecule has 1 N–H and O–H groups in total. The lowest BCUT2D eigenvalue weighted by molar-refractivity contribution is -0.121. The van der Waals surface area contributed by atoms with E-state index in [4.69, 9.17) is 4.52 Å². The van der Waals surface area contributed by atoms with Gasteiger partial charge < -0.3 is 9.84 Å². The molecule has 0 aliphatic carbocycles. The minimum absolute atomic E-state index is 0.0372. The Morgan fingerprint density at radius 2 is 1.93 bits per heavy atom. The number of hydrogen-bond donors (Lipinski definition) is 1. The fourth-order valence-electron chi connectivity index (χ4n) is 3.01. The van der Waals surface area contributed by atoms with Gasteiger partial charge in [-0.15, -0.1) is 11.3 Å². The van der Waals surface area contributed by atoms with Crippen LogP contribution in [0.25, 0.3) is 21.6 Å². The van der Waals surface area contributed by atoms with E-state index in [9.17, 15) is 4.79 Å². The number of thiazole rings is 1. The molecule has 6 nitrogen and oxygen atoms in total. The summed E-state index contributed by atoms with van der Waals surface area (Å²) in [6.45, 7) is 1.94. The maximum atomic E-state index is 12.2. The highest BCUT2D eigenvalue weighted by atomic mass is 32.2. The second kappa shape index (κ2) is 9.86. The molecule has 0 fully saturated rings. The molecule has 0 radical (unpaired) electrons. The second-order valence-electron chi connectivity index (χ2n) is 6.95. The lowest BCUT2D eigenvalue weighted by Gasteiger charge is -2.11. The standard InChI is InChI=1S/C22H22N4O2S2/c1-15(14-20-25-21(26-28-20)16-8-3-2-4-9-16)23-19(27)12-7-13-29-22-24-17-10-5-6-11-18(17)30-22/h2-6,8-11,15H,7,12-14H2,1H3,(H,23,27)/t15-/m1/s1. The molecule has 0 saturated carbocycles. The first-order valence-electron chi connectivity index (χ1n) is 9.83. The number of thioether (sulfide) groups is 1. The maximum Gasteiger partial charge on any atom is 0.229 e. The van der Waals surface area contributed by atoms with Gasteiger partial charge in [-0.2, -0.15) is 4.98 Å². The molecule has 1 atom stereocenters. The Kier molecular flexibility index (Phi) is 6.76. The Bertz CT molecular complexity index is 1080. The lowest BCUT2D eigenvalue weighted by atomic mass is 10.2. The Hall–Kier alpha value is -2.71. The van der Waals surface area contributed by atoms with Gasteiger partial charge in [0.2, 0.25) is 17.6 Å². The first kappa shape index (κ1) is 20.6. The van der Waals surface area contributed by atoms with Crippen LogP contribution in [-0.2, 0) is 11.2 Å². The smallest absolute Gasteiger partial charge is 0.229 e. The third kappa shape index (κ3) is 5.46. The molecule has 2 aromatic heterocycles. The number of nitrogens with zero attached hydrogens (tertiary/aromatic N) is 3. The third-order valence-electron chi connectivity index (χ3n) is 4.44. The molecular formula is C22H22N4O2S2. The van der Waals surface area contributed by atoms with Crippen LogP contribution in [0.4, 0.5) is 0 Å². The van der Waals surface area contributed by atoms with Gasteiger partial charge in [0.25, 0.3) is 0 Å². The summed E-state index contributed by atoms with van der Waals surface area (Å²) in [5.74, 6) is 1.99. The average Bonchev–Trinajstić information content (AvgIpc) is 3.38. The van der Waals surface area contributed by atoms with Crippen LogP contribution in [0, 0.1) is 0 Å². The SMILES string of the molecule is C[C@H](Cc1nc(-c2ccccc2)no1)NC(=O)CCCSc1nc2ccccc2s1. The van der Waals surface area contributed by atoms with Gasteiger partial charge >= 0.3 is 0 Å². The topological polar surface area (TPSA) is 80.9 Å². The number of rotatable bonds is 9. The van der Waals surface area contributed by atoms with Gasteiger partial charge in [0.1, 0.15) is 0 Å². The van der Waals surface area contributed by atoms with Crippen LogP contribution in [0.3, 0.4) is 0 Å². The molecule has 4 aromatic rings. The number of benzene rings is 2. The minimum atomic E-state index is -0.0708. The molecular weight excluding hydrogens is 416 g/mol. The normalized spacial score (nSPS) is 12.2. The van der Waals surface area contributed by atoms with E-state index in [2.05, 4.69) is 26.5 Å². The van der Waals surface area contributed by atoms with E-state index in [1.54, 1.807) is 23.1 Å². The molecule has 1 amide bonds. The van der Waals surface area contributed by atoms with Crippen molar-refractivity contribution in [2.45, 2.75) is 36.6 Å². The Labute approximate surface area is 183 Å². The number of carbonyl (C=O) groups excluding carboxylic acids is 1. The van der Waals surface area contributed by atoms with Crippen LogP contribution in [0.2, 0.25) is 0 Å². The molecule has 154 valence electrons. The van der Waals surface area contributed by atoms with Gasteiger partial charge in [0, 0.05) is 30.2 Å². The molecule has 4 rings (SSSR count). The highest BCUT2D eigenvalue weighted by molar-refractivity contribution is 8.01. The molecule has 0 saturated heterocycles. The van der Waals surface area contributed by atoms with Gasteiger partial charge in [0.05, 0.1) is 10.2 Å². The number of carbonyl (C=O) groups is 1. The zero-order valence-electron chi connectivity index (χ0n) is 16.6. The van der Waals surface area contributed by atoms with E-state index in [0.29, 0.717) is 24.6 Å². The minimum Gasteiger partial charge on any atom is -0.353 e. The van der Waals surface area contributed by atoms with Crippen molar-refractivity contribution in [1.82, 2.24) is 20.4 Å². The van der Waals surface area contributed by atoms with Crippen LogP contribution in [0.1, 0.15) is 25.7 Å². The maximum absolute atomic E-state index is 12.2.